The predicted molar refractivity (Wildman–Crippen MR) is 219 cm³/mol. The van der Waals surface area contributed by atoms with E-state index < -0.39 is 27.8 Å². The third-order valence-corrected chi connectivity index (χ3v) is 39.6. The SMILES string of the molecule is CCc1ccccc1-c1cccc2c1C=C(C(C)(C)C)[CH]2[Hf]([Cl])([Cl])([B](NC=O)NC=O)[CH]1C(C(C)(C)C)=Cc2c(-c3ccccc3CC)cccc21. The van der Waals surface area contributed by atoms with Gasteiger partial charge in [0.05, 0.1) is 0 Å². The van der Waals surface area contributed by atoms with Gasteiger partial charge in [-0.1, -0.05) is 0 Å². The third kappa shape index (κ3) is 6.31. The first-order valence-electron chi connectivity index (χ1n) is 18.4. The molecule has 2 aliphatic rings. The van der Waals surface area contributed by atoms with Crippen molar-refractivity contribution in [1.29, 1.82) is 0 Å². The Morgan fingerprint density at radius 3 is 1.31 bits per heavy atom. The van der Waals surface area contributed by atoms with E-state index in [2.05, 4.69) is 163 Å². The van der Waals surface area contributed by atoms with Crippen LogP contribution in [0.15, 0.2) is 96.1 Å². The number of fused-ring (bicyclic) bond motifs is 2. The molecule has 0 radical (unpaired) electrons. The molecular weight excluding hydrogens is 849 g/mol. The quantitative estimate of drug-likeness (QED) is 0.116. The van der Waals surface area contributed by atoms with Crippen LogP contribution in [-0.4, -0.2) is 17.4 Å². The van der Waals surface area contributed by atoms with E-state index in [-0.39, 0.29) is 10.8 Å². The molecule has 0 aromatic heterocycles. The van der Waals surface area contributed by atoms with Crippen LogP contribution < -0.4 is 10.5 Å². The maximum absolute atomic E-state index is 12.6. The van der Waals surface area contributed by atoms with Crippen molar-refractivity contribution in [3.05, 3.63) is 129 Å². The van der Waals surface area contributed by atoms with Crippen LogP contribution in [0.25, 0.3) is 34.4 Å². The van der Waals surface area contributed by atoms with Gasteiger partial charge < -0.3 is 0 Å². The van der Waals surface area contributed by atoms with E-state index in [1.54, 1.807) is 0 Å². The van der Waals surface area contributed by atoms with E-state index in [1.807, 2.05) is 0 Å². The fourth-order valence-corrected chi connectivity index (χ4v) is 39.1. The predicted octanol–water partition coefficient (Wildman–Crippen LogP) is 11.3. The van der Waals surface area contributed by atoms with Crippen LogP contribution in [0.1, 0.15) is 96.1 Å². The van der Waals surface area contributed by atoms with Gasteiger partial charge in [0.15, 0.2) is 0 Å². The Hall–Kier alpha value is -3.18. The number of nitrogens with one attached hydrogen (secondary N) is 2. The van der Waals surface area contributed by atoms with E-state index in [1.165, 1.54) is 22.3 Å². The van der Waals surface area contributed by atoms with Crippen LogP contribution in [-0.2, 0) is 38.3 Å². The molecule has 269 valence electrons. The molecule has 0 saturated carbocycles. The van der Waals surface area contributed by atoms with Crippen molar-refractivity contribution in [1.82, 2.24) is 10.5 Å². The summed E-state index contributed by atoms with van der Waals surface area (Å²) < 4.78 is -1.86. The number of hydrogen-bond acceptors (Lipinski definition) is 2. The van der Waals surface area contributed by atoms with Crippen LogP contribution in [0.4, 0.5) is 0 Å². The van der Waals surface area contributed by atoms with Gasteiger partial charge in [0.25, 0.3) is 0 Å². The summed E-state index contributed by atoms with van der Waals surface area (Å²) in [4.78, 5) is 25.2. The fourth-order valence-electron chi connectivity index (χ4n) is 8.95. The van der Waals surface area contributed by atoms with Gasteiger partial charge in [-0.25, -0.2) is 0 Å². The zero-order valence-corrected chi connectivity index (χ0v) is 36.7. The Morgan fingerprint density at radius 2 is 0.962 bits per heavy atom. The summed E-state index contributed by atoms with van der Waals surface area (Å²) in [5.74, 6) is 0. The molecule has 2 N–H and O–H groups in total. The second-order valence-corrected chi connectivity index (χ2v) is 46.9. The number of rotatable bonds is 11. The Morgan fingerprint density at radius 1 is 0.596 bits per heavy atom. The molecule has 8 heteroatoms. The molecule has 2 unspecified atom stereocenters. The number of carbonyl (C=O) groups is 2. The normalized spacial score (nSPS) is 17.6. The van der Waals surface area contributed by atoms with E-state index in [4.69, 9.17) is 17.2 Å². The Kier molecular flexibility index (Phi) is 10.5. The summed E-state index contributed by atoms with van der Waals surface area (Å²) in [5.41, 5.74) is 13.0. The van der Waals surface area contributed by atoms with Crippen molar-refractivity contribution in [3.63, 3.8) is 0 Å². The average Bonchev–Trinajstić information content (AvgIpc) is 3.73. The molecule has 4 nitrogen and oxygen atoms in total. The number of carbonyl (C=O) groups excluding carboxylic acids is 2. The van der Waals surface area contributed by atoms with Crippen LogP contribution >= 0.6 is 17.2 Å². The van der Waals surface area contributed by atoms with Crippen molar-refractivity contribution in [2.24, 2.45) is 10.8 Å². The molecule has 52 heavy (non-hydrogen) atoms. The molecule has 2 atom stereocenters. The van der Waals surface area contributed by atoms with E-state index in [9.17, 15) is 9.59 Å². The molecule has 0 aliphatic heterocycles. The molecule has 4 aromatic carbocycles. The van der Waals surface area contributed by atoms with Crippen LogP contribution in [0.5, 0.6) is 0 Å². The second-order valence-electron chi connectivity index (χ2n) is 16.4. The van der Waals surface area contributed by atoms with Gasteiger partial charge in [-0.3, -0.25) is 0 Å². The number of halogens is 2. The first kappa shape index (κ1) is 38.5. The fraction of sp³-hybridized carbons (Fsp3) is 0.318. The van der Waals surface area contributed by atoms with Crippen molar-refractivity contribution in [3.8, 4) is 22.3 Å². The minimum absolute atomic E-state index is 0.353. The number of aryl methyl sites for hydroxylation is 2. The molecule has 0 bridgehead atoms. The molecule has 0 spiro atoms. The van der Waals surface area contributed by atoms with E-state index >= 15 is 0 Å². The van der Waals surface area contributed by atoms with Crippen molar-refractivity contribution >= 4 is 46.7 Å². The van der Waals surface area contributed by atoms with Crippen molar-refractivity contribution in [2.45, 2.75) is 75.6 Å². The number of benzene rings is 4. The summed E-state index contributed by atoms with van der Waals surface area (Å²) >= 11 is -6.16. The van der Waals surface area contributed by atoms with Gasteiger partial charge in [-0.2, -0.15) is 0 Å². The van der Waals surface area contributed by atoms with Crippen LogP contribution in [0.3, 0.4) is 0 Å². The molecule has 0 fully saturated rings. The number of amides is 2. The molecular formula is C44H50BCl2HfN2O2. The Balaban J connectivity index is 1.74. The summed E-state index contributed by atoms with van der Waals surface area (Å²) in [6.07, 6.45) is 7.68. The number of hydrogen-bond donors (Lipinski definition) is 2. The molecule has 6 rings (SSSR count). The third-order valence-electron chi connectivity index (χ3n) is 11.4. The van der Waals surface area contributed by atoms with Crippen LogP contribution in [0.2, 0.25) is 0 Å². The molecule has 0 heterocycles. The van der Waals surface area contributed by atoms with E-state index in [0.717, 1.165) is 57.4 Å². The van der Waals surface area contributed by atoms with Gasteiger partial charge in [0.2, 0.25) is 0 Å². The first-order valence-corrected chi connectivity index (χ1v) is 33.6. The Labute approximate surface area is 318 Å². The minimum atomic E-state index is -6.16. The van der Waals surface area contributed by atoms with Gasteiger partial charge in [-0.05, 0) is 0 Å². The average molecular weight is 899 g/mol. The Bertz CT molecular complexity index is 1960. The summed E-state index contributed by atoms with van der Waals surface area (Å²) in [6, 6.07) is 30.0. The second kappa shape index (κ2) is 14.2. The first-order chi connectivity index (χ1) is 24.6. The van der Waals surface area contributed by atoms with Crippen LogP contribution in [0, 0.1) is 10.8 Å². The molecule has 2 amide bonds. The van der Waals surface area contributed by atoms with Crippen molar-refractivity contribution in [2.75, 3.05) is 0 Å². The van der Waals surface area contributed by atoms with Gasteiger partial charge in [-0.15, -0.1) is 0 Å². The molecule has 0 saturated heterocycles. The van der Waals surface area contributed by atoms with E-state index in [0.29, 0.717) is 12.8 Å². The summed E-state index contributed by atoms with van der Waals surface area (Å²) in [6.45, 7) is 17.6. The molecule has 2 aliphatic carbocycles. The zero-order chi connectivity index (χ0) is 37.7. The standard InChI is InChI=1S/2C21H23.C2H3BN2O2.2ClH.Hf/c2*1-5-15-9-6-7-11-18(15)19-12-8-10-16-13-17(14-20(16)19)21(2,3)4;6-1-4-3-5-2-7;;;/h2*6-14H,5H2,1-4H3;1-2H,(H-,4,5,6,7);2*1H;/q;;;;;+1/p-1. The monoisotopic (exact) mass is 899 g/mol. The van der Waals surface area contributed by atoms with Crippen molar-refractivity contribution < 1.29 is 25.5 Å². The van der Waals surface area contributed by atoms with Gasteiger partial charge in [0, 0.05) is 0 Å². The van der Waals surface area contributed by atoms with Gasteiger partial charge in [0.1, 0.15) is 0 Å². The summed E-state index contributed by atoms with van der Waals surface area (Å²) in [7, 11) is 17.5. The zero-order valence-electron chi connectivity index (χ0n) is 31.6. The molecule has 4 aromatic rings. The maximum atomic E-state index is 12.6. The number of allylic oxidation sites excluding steroid dienone is 2. The summed E-state index contributed by atoms with van der Waals surface area (Å²) in [5, 5.41) is 6.02. The van der Waals surface area contributed by atoms with Gasteiger partial charge >= 0.3 is 321 Å². The topological polar surface area (TPSA) is 58.2 Å².